The second-order valence-electron chi connectivity index (χ2n) is 6.25. The van der Waals surface area contributed by atoms with Crippen molar-refractivity contribution in [3.05, 3.63) is 28.8 Å². The van der Waals surface area contributed by atoms with Crippen LogP contribution < -0.4 is 10.1 Å². The highest BCUT2D eigenvalue weighted by Crippen LogP contribution is 2.31. The van der Waals surface area contributed by atoms with Gasteiger partial charge in [0.2, 0.25) is 6.41 Å². The minimum absolute atomic E-state index is 0.0282. The van der Waals surface area contributed by atoms with E-state index in [4.69, 9.17) is 9.84 Å². The molecule has 0 spiro atoms. The Bertz CT molecular complexity index is 525. The van der Waals surface area contributed by atoms with Gasteiger partial charge >= 0.3 is 0 Å². The monoisotopic (exact) mass is 320 g/mol. The highest BCUT2D eigenvalue weighted by atomic mass is 16.5. The van der Waals surface area contributed by atoms with Gasteiger partial charge in [-0.25, -0.2) is 0 Å². The lowest BCUT2D eigenvalue weighted by atomic mass is 9.94. The molecule has 1 amide bonds. The summed E-state index contributed by atoms with van der Waals surface area (Å²) in [6, 6.07) is 4.80. The lowest BCUT2D eigenvalue weighted by Crippen LogP contribution is -2.43. The number of aliphatic hydroxyl groups excluding tert-OH is 1. The molecule has 1 fully saturated rings. The molecular weight excluding hydrogens is 292 g/mol. The number of amides is 1. The number of carbonyl (C=O) groups is 1. The number of rotatable bonds is 7. The second kappa shape index (κ2) is 8.31. The SMILES string of the molecule is Cc1c(OCCO)ccc(C(C)N2CCC(NC=O)CC2)c1C. The Morgan fingerprint density at radius 1 is 1.35 bits per heavy atom. The molecule has 1 atom stereocenters. The smallest absolute Gasteiger partial charge is 0.207 e. The van der Waals surface area contributed by atoms with Crippen LogP contribution in [0.1, 0.15) is 42.5 Å². The van der Waals surface area contributed by atoms with E-state index in [9.17, 15) is 4.79 Å². The van der Waals surface area contributed by atoms with Crippen molar-refractivity contribution in [1.29, 1.82) is 0 Å². The largest absolute Gasteiger partial charge is 0.491 e. The first-order valence-corrected chi connectivity index (χ1v) is 8.36. The summed E-state index contributed by atoms with van der Waals surface area (Å²) in [6.07, 6.45) is 2.81. The number of aliphatic hydroxyl groups is 1. The van der Waals surface area contributed by atoms with Crippen LogP contribution in [0.5, 0.6) is 5.75 Å². The van der Waals surface area contributed by atoms with Gasteiger partial charge in [-0.2, -0.15) is 0 Å². The molecule has 0 aromatic heterocycles. The number of hydrogen-bond donors (Lipinski definition) is 2. The first-order valence-electron chi connectivity index (χ1n) is 8.36. The zero-order valence-electron chi connectivity index (χ0n) is 14.3. The van der Waals surface area contributed by atoms with Crippen LogP contribution in [-0.2, 0) is 4.79 Å². The van der Waals surface area contributed by atoms with Crippen molar-refractivity contribution >= 4 is 6.41 Å². The van der Waals surface area contributed by atoms with Gasteiger partial charge in [-0.1, -0.05) is 6.07 Å². The third-order valence-corrected chi connectivity index (χ3v) is 4.96. The molecule has 0 saturated carbocycles. The molecule has 2 rings (SSSR count). The molecule has 5 nitrogen and oxygen atoms in total. The van der Waals surface area contributed by atoms with E-state index in [1.165, 1.54) is 11.1 Å². The highest BCUT2D eigenvalue weighted by Gasteiger charge is 2.24. The first kappa shape index (κ1) is 17.8. The summed E-state index contributed by atoms with van der Waals surface area (Å²) in [5, 5.41) is 11.8. The van der Waals surface area contributed by atoms with Crippen LogP contribution in [-0.4, -0.2) is 48.8 Å². The van der Waals surface area contributed by atoms with Crippen molar-refractivity contribution in [2.75, 3.05) is 26.3 Å². The number of nitrogens with one attached hydrogen (secondary N) is 1. The van der Waals surface area contributed by atoms with Gasteiger partial charge in [0.1, 0.15) is 12.4 Å². The predicted molar refractivity (Wildman–Crippen MR) is 90.7 cm³/mol. The van der Waals surface area contributed by atoms with E-state index < -0.39 is 0 Å². The van der Waals surface area contributed by atoms with Crippen molar-refractivity contribution in [2.45, 2.75) is 45.7 Å². The molecule has 1 heterocycles. The number of benzene rings is 1. The molecule has 23 heavy (non-hydrogen) atoms. The molecule has 1 aliphatic heterocycles. The summed E-state index contributed by atoms with van der Waals surface area (Å²) in [4.78, 5) is 13.0. The Hall–Kier alpha value is -1.59. The molecular formula is C18H28N2O3. The van der Waals surface area contributed by atoms with E-state index in [1.54, 1.807) is 0 Å². The van der Waals surface area contributed by atoms with Gasteiger partial charge in [-0.15, -0.1) is 0 Å². The fourth-order valence-corrected chi connectivity index (χ4v) is 3.33. The molecule has 5 heteroatoms. The van der Waals surface area contributed by atoms with Crippen LogP contribution in [0.25, 0.3) is 0 Å². The van der Waals surface area contributed by atoms with Gasteiger partial charge in [0.25, 0.3) is 0 Å². The molecule has 0 bridgehead atoms. The lowest BCUT2D eigenvalue weighted by molar-refractivity contribution is -0.110. The van der Waals surface area contributed by atoms with Crippen LogP contribution >= 0.6 is 0 Å². The summed E-state index contributed by atoms with van der Waals surface area (Å²) >= 11 is 0. The Kier molecular flexibility index (Phi) is 6.42. The minimum Gasteiger partial charge on any atom is -0.491 e. The molecule has 2 N–H and O–H groups in total. The van der Waals surface area contributed by atoms with Crippen molar-refractivity contribution < 1.29 is 14.6 Å². The number of likely N-dealkylation sites (tertiary alicyclic amines) is 1. The molecule has 1 saturated heterocycles. The number of ether oxygens (including phenoxy) is 1. The Balaban J connectivity index is 2.06. The van der Waals surface area contributed by atoms with Gasteiger partial charge in [0.05, 0.1) is 6.61 Å². The van der Waals surface area contributed by atoms with E-state index in [0.717, 1.165) is 43.7 Å². The highest BCUT2D eigenvalue weighted by molar-refractivity contribution is 5.46. The summed E-state index contributed by atoms with van der Waals surface area (Å²) in [7, 11) is 0. The van der Waals surface area contributed by atoms with E-state index in [0.29, 0.717) is 18.7 Å². The summed E-state index contributed by atoms with van der Waals surface area (Å²) in [5.41, 5.74) is 3.71. The average Bonchev–Trinajstić information content (AvgIpc) is 2.57. The van der Waals surface area contributed by atoms with E-state index in [1.807, 2.05) is 6.07 Å². The van der Waals surface area contributed by atoms with Gasteiger partial charge in [0, 0.05) is 25.2 Å². The summed E-state index contributed by atoms with van der Waals surface area (Å²) in [6.45, 7) is 8.78. The van der Waals surface area contributed by atoms with E-state index in [2.05, 4.69) is 37.1 Å². The van der Waals surface area contributed by atoms with Gasteiger partial charge in [-0.3, -0.25) is 9.69 Å². The van der Waals surface area contributed by atoms with Crippen molar-refractivity contribution in [3.8, 4) is 5.75 Å². The number of nitrogens with zero attached hydrogens (tertiary/aromatic N) is 1. The normalized spacial score (nSPS) is 17.7. The van der Waals surface area contributed by atoms with Crippen LogP contribution in [0.4, 0.5) is 0 Å². The maximum atomic E-state index is 10.5. The zero-order valence-corrected chi connectivity index (χ0v) is 14.3. The minimum atomic E-state index is 0.0282. The van der Waals surface area contributed by atoms with Crippen LogP contribution in [0.3, 0.4) is 0 Å². The second-order valence-corrected chi connectivity index (χ2v) is 6.25. The van der Waals surface area contributed by atoms with E-state index in [-0.39, 0.29) is 6.61 Å². The van der Waals surface area contributed by atoms with Crippen molar-refractivity contribution in [2.24, 2.45) is 0 Å². The molecule has 128 valence electrons. The van der Waals surface area contributed by atoms with Crippen LogP contribution in [0, 0.1) is 13.8 Å². The third kappa shape index (κ3) is 4.24. The van der Waals surface area contributed by atoms with Crippen molar-refractivity contribution in [1.82, 2.24) is 10.2 Å². The maximum absolute atomic E-state index is 10.5. The lowest BCUT2D eigenvalue weighted by Gasteiger charge is -2.36. The Morgan fingerprint density at radius 2 is 2.04 bits per heavy atom. The van der Waals surface area contributed by atoms with Gasteiger partial charge in [-0.05, 0) is 56.4 Å². The summed E-state index contributed by atoms with van der Waals surface area (Å²) in [5.74, 6) is 0.849. The molecule has 0 aliphatic carbocycles. The van der Waals surface area contributed by atoms with Gasteiger partial charge < -0.3 is 15.2 Å². The number of hydrogen-bond acceptors (Lipinski definition) is 4. The van der Waals surface area contributed by atoms with Crippen LogP contribution in [0.2, 0.25) is 0 Å². The maximum Gasteiger partial charge on any atom is 0.207 e. The molecule has 1 aromatic rings. The average molecular weight is 320 g/mol. The van der Waals surface area contributed by atoms with Gasteiger partial charge in [0.15, 0.2) is 0 Å². The Labute approximate surface area is 138 Å². The summed E-state index contributed by atoms with van der Waals surface area (Å²) < 4.78 is 5.58. The zero-order chi connectivity index (χ0) is 16.8. The Morgan fingerprint density at radius 3 is 2.65 bits per heavy atom. The van der Waals surface area contributed by atoms with Crippen molar-refractivity contribution in [3.63, 3.8) is 0 Å². The fourth-order valence-electron chi connectivity index (χ4n) is 3.33. The topological polar surface area (TPSA) is 61.8 Å². The first-order chi connectivity index (χ1) is 11.1. The molecule has 0 radical (unpaired) electrons. The standard InChI is InChI=1S/C18H28N2O3/c1-13-14(2)18(23-11-10-21)5-4-17(13)15(3)20-8-6-16(7-9-20)19-12-22/h4-5,12,15-16,21H,6-11H2,1-3H3,(H,19,22). The molecule has 1 aliphatic rings. The fraction of sp³-hybridized carbons (Fsp3) is 0.611. The predicted octanol–water partition coefficient (Wildman–Crippen LogP) is 1.95. The van der Waals surface area contributed by atoms with E-state index >= 15 is 0 Å². The molecule has 1 unspecified atom stereocenters. The quantitative estimate of drug-likeness (QED) is 0.754. The molecule has 1 aromatic carbocycles. The number of piperidine rings is 1. The third-order valence-electron chi connectivity index (χ3n) is 4.96. The van der Waals surface area contributed by atoms with Crippen LogP contribution in [0.15, 0.2) is 12.1 Å². The number of carbonyl (C=O) groups excluding carboxylic acids is 1.